The second-order valence-electron chi connectivity index (χ2n) is 4.88. The van der Waals surface area contributed by atoms with E-state index in [1.165, 1.54) is 25.0 Å². The normalized spacial score (nSPS) is 23.7. The van der Waals surface area contributed by atoms with Gasteiger partial charge in [0.15, 0.2) is 0 Å². The Morgan fingerprint density at radius 3 is 2.83 bits per heavy atom. The summed E-state index contributed by atoms with van der Waals surface area (Å²) in [4.78, 5) is 10.2. The average molecular weight is 270 g/mol. The van der Waals surface area contributed by atoms with Crippen LogP contribution in [0.4, 0.5) is 5.69 Å². The van der Waals surface area contributed by atoms with Gasteiger partial charge in [0.25, 0.3) is 5.69 Å². The van der Waals surface area contributed by atoms with Crippen molar-refractivity contribution in [1.29, 1.82) is 0 Å². The summed E-state index contributed by atoms with van der Waals surface area (Å²) in [7, 11) is 0. The summed E-state index contributed by atoms with van der Waals surface area (Å²) in [5.74, 6) is 1.29. The zero-order valence-electron chi connectivity index (χ0n) is 10.3. The Bertz CT molecular complexity index is 450. The van der Waals surface area contributed by atoms with Gasteiger partial charge in [0.05, 0.1) is 11.0 Å². The average Bonchev–Trinajstić information content (AvgIpc) is 2.28. The number of halogens is 1. The van der Waals surface area contributed by atoms with E-state index in [0.29, 0.717) is 11.7 Å². The molecule has 0 saturated heterocycles. The van der Waals surface area contributed by atoms with Crippen LogP contribution >= 0.6 is 11.6 Å². The molecule has 0 spiro atoms. The van der Waals surface area contributed by atoms with Crippen LogP contribution < -0.4 is 4.74 Å². The summed E-state index contributed by atoms with van der Waals surface area (Å²) in [6.45, 7) is 2.22. The van der Waals surface area contributed by atoms with Crippen molar-refractivity contribution in [2.24, 2.45) is 5.92 Å². The third-order valence-electron chi connectivity index (χ3n) is 3.31. The van der Waals surface area contributed by atoms with E-state index in [2.05, 4.69) is 6.92 Å². The molecule has 5 heteroatoms. The molecular formula is C13H16ClNO3. The molecule has 1 aromatic carbocycles. The summed E-state index contributed by atoms with van der Waals surface area (Å²) in [6.07, 6.45) is 4.70. The molecule has 1 aliphatic carbocycles. The molecule has 0 N–H and O–H groups in total. The Kier molecular flexibility index (Phi) is 4.07. The van der Waals surface area contributed by atoms with Crippen LogP contribution in [0.1, 0.15) is 32.6 Å². The van der Waals surface area contributed by atoms with E-state index < -0.39 is 4.92 Å². The van der Waals surface area contributed by atoms with Gasteiger partial charge in [-0.15, -0.1) is 0 Å². The maximum absolute atomic E-state index is 10.6. The molecule has 98 valence electrons. The van der Waals surface area contributed by atoms with Crippen LogP contribution in [-0.2, 0) is 0 Å². The molecule has 2 unspecified atom stereocenters. The molecular weight excluding hydrogens is 254 g/mol. The summed E-state index contributed by atoms with van der Waals surface area (Å²) in [5.41, 5.74) is -0.0824. The van der Waals surface area contributed by atoms with Crippen LogP contribution in [-0.4, -0.2) is 11.0 Å². The largest absolute Gasteiger partial charge is 0.490 e. The monoisotopic (exact) mass is 269 g/mol. The Morgan fingerprint density at radius 1 is 1.44 bits per heavy atom. The lowest BCUT2D eigenvalue weighted by Gasteiger charge is -2.27. The number of hydrogen-bond acceptors (Lipinski definition) is 3. The van der Waals surface area contributed by atoms with Gasteiger partial charge in [-0.05, 0) is 31.2 Å². The molecule has 0 heterocycles. The van der Waals surface area contributed by atoms with Gasteiger partial charge >= 0.3 is 0 Å². The van der Waals surface area contributed by atoms with Crippen molar-refractivity contribution in [1.82, 2.24) is 0 Å². The van der Waals surface area contributed by atoms with Gasteiger partial charge in [-0.1, -0.05) is 24.9 Å². The van der Waals surface area contributed by atoms with Crippen LogP contribution in [0.2, 0.25) is 5.02 Å². The minimum atomic E-state index is -0.491. The van der Waals surface area contributed by atoms with Crippen molar-refractivity contribution in [3.8, 4) is 5.75 Å². The van der Waals surface area contributed by atoms with Gasteiger partial charge in [-0.2, -0.15) is 0 Å². The van der Waals surface area contributed by atoms with Gasteiger partial charge in [-0.3, -0.25) is 10.1 Å². The summed E-state index contributed by atoms with van der Waals surface area (Å²) < 4.78 is 5.83. The van der Waals surface area contributed by atoms with Crippen LogP contribution in [0.3, 0.4) is 0 Å². The van der Waals surface area contributed by atoms with E-state index in [0.717, 1.165) is 12.8 Å². The number of nitrogens with zero attached hydrogens (tertiary/aromatic N) is 1. The van der Waals surface area contributed by atoms with E-state index in [-0.39, 0.29) is 16.8 Å². The SMILES string of the molecule is CC1CCCC(Oc2ccc([N+](=O)[O-])c(Cl)c2)C1. The Labute approximate surface area is 111 Å². The summed E-state index contributed by atoms with van der Waals surface area (Å²) in [5, 5.41) is 10.8. The Hall–Kier alpha value is -1.29. The number of rotatable bonds is 3. The molecule has 2 atom stereocenters. The summed E-state index contributed by atoms with van der Waals surface area (Å²) in [6, 6.07) is 4.53. The predicted molar refractivity (Wildman–Crippen MR) is 70.2 cm³/mol. The number of benzene rings is 1. The fourth-order valence-corrected chi connectivity index (χ4v) is 2.63. The van der Waals surface area contributed by atoms with Gasteiger partial charge < -0.3 is 4.74 Å². The fraction of sp³-hybridized carbons (Fsp3) is 0.538. The second-order valence-corrected chi connectivity index (χ2v) is 5.29. The standard InChI is InChI=1S/C13H16ClNO3/c1-9-3-2-4-10(7-9)18-11-5-6-13(15(16)17)12(14)8-11/h5-6,8-10H,2-4,7H2,1H3. The van der Waals surface area contributed by atoms with Gasteiger partial charge in [-0.25, -0.2) is 0 Å². The molecule has 2 rings (SSSR count). The number of hydrogen-bond donors (Lipinski definition) is 0. The minimum Gasteiger partial charge on any atom is -0.490 e. The van der Waals surface area contributed by atoms with Crippen molar-refractivity contribution in [3.63, 3.8) is 0 Å². The van der Waals surface area contributed by atoms with Gasteiger partial charge in [0, 0.05) is 12.1 Å². The van der Waals surface area contributed by atoms with Gasteiger partial charge in [0.2, 0.25) is 0 Å². The first kappa shape index (κ1) is 13.1. The highest BCUT2D eigenvalue weighted by Gasteiger charge is 2.21. The van der Waals surface area contributed by atoms with Crippen molar-refractivity contribution >= 4 is 17.3 Å². The van der Waals surface area contributed by atoms with E-state index in [1.807, 2.05) is 0 Å². The van der Waals surface area contributed by atoms with Crippen LogP contribution in [0.25, 0.3) is 0 Å². The highest BCUT2D eigenvalue weighted by atomic mass is 35.5. The molecule has 0 aromatic heterocycles. The van der Waals surface area contributed by atoms with Crippen molar-refractivity contribution in [2.45, 2.75) is 38.7 Å². The smallest absolute Gasteiger partial charge is 0.288 e. The zero-order chi connectivity index (χ0) is 13.1. The van der Waals surface area contributed by atoms with E-state index in [4.69, 9.17) is 16.3 Å². The number of nitro benzene ring substituents is 1. The number of nitro groups is 1. The number of ether oxygens (including phenoxy) is 1. The molecule has 0 amide bonds. The lowest BCUT2D eigenvalue weighted by molar-refractivity contribution is -0.384. The lowest BCUT2D eigenvalue weighted by Crippen LogP contribution is -2.24. The quantitative estimate of drug-likeness (QED) is 0.610. The van der Waals surface area contributed by atoms with Crippen molar-refractivity contribution < 1.29 is 9.66 Å². The predicted octanol–water partition coefficient (Wildman–Crippen LogP) is 4.21. The molecule has 0 bridgehead atoms. The first-order valence-corrected chi connectivity index (χ1v) is 6.54. The molecule has 1 aliphatic rings. The highest BCUT2D eigenvalue weighted by molar-refractivity contribution is 6.32. The minimum absolute atomic E-state index is 0.0824. The lowest BCUT2D eigenvalue weighted by atomic mass is 9.89. The van der Waals surface area contributed by atoms with E-state index >= 15 is 0 Å². The van der Waals surface area contributed by atoms with Crippen molar-refractivity contribution in [2.75, 3.05) is 0 Å². The second kappa shape index (κ2) is 5.57. The maximum atomic E-state index is 10.6. The first-order valence-electron chi connectivity index (χ1n) is 6.17. The van der Waals surface area contributed by atoms with E-state index in [1.54, 1.807) is 6.07 Å². The van der Waals surface area contributed by atoms with Crippen molar-refractivity contribution in [3.05, 3.63) is 33.3 Å². The third kappa shape index (κ3) is 3.13. The molecule has 0 radical (unpaired) electrons. The third-order valence-corrected chi connectivity index (χ3v) is 3.61. The topological polar surface area (TPSA) is 52.4 Å². The molecule has 1 aromatic rings. The fourth-order valence-electron chi connectivity index (χ4n) is 2.39. The molecule has 18 heavy (non-hydrogen) atoms. The molecule has 1 fully saturated rings. The van der Waals surface area contributed by atoms with Crippen LogP contribution in [0.15, 0.2) is 18.2 Å². The Morgan fingerprint density at radius 2 is 2.22 bits per heavy atom. The van der Waals surface area contributed by atoms with Crippen LogP contribution in [0, 0.1) is 16.0 Å². The van der Waals surface area contributed by atoms with Crippen LogP contribution in [0.5, 0.6) is 5.75 Å². The maximum Gasteiger partial charge on any atom is 0.288 e. The highest BCUT2D eigenvalue weighted by Crippen LogP contribution is 2.31. The first-order chi connectivity index (χ1) is 8.56. The molecule has 1 saturated carbocycles. The zero-order valence-corrected chi connectivity index (χ0v) is 11.0. The molecule has 4 nitrogen and oxygen atoms in total. The van der Waals surface area contributed by atoms with Gasteiger partial charge in [0.1, 0.15) is 10.8 Å². The molecule has 0 aliphatic heterocycles. The summed E-state index contributed by atoms with van der Waals surface area (Å²) >= 11 is 5.85. The van der Waals surface area contributed by atoms with E-state index in [9.17, 15) is 10.1 Å². The Balaban J connectivity index is 2.05.